The fourth-order valence-electron chi connectivity index (χ4n) is 1.96. The number of fused-ring (bicyclic) bond motifs is 1. The molecule has 0 aliphatic heterocycles. The third-order valence-corrected chi connectivity index (χ3v) is 2.85. The van der Waals surface area contributed by atoms with Gasteiger partial charge in [0.05, 0.1) is 12.1 Å². The first-order valence-corrected chi connectivity index (χ1v) is 6.26. The molecule has 104 valence electrons. The minimum atomic E-state index is -0.340. The predicted octanol–water partition coefficient (Wildman–Crippen LogP) is 2.22. The lowest BCUT2D eigenvalue weighted by Crippen LogP contribution is -2.32. The van der Waals surface area contributed by atoms with Crippen LogP contribution in [-0.4, -0.2) is 33.3 Å². The first-order valence-electron chi connectivity index (χ1n) is 6.26. The van der Waals surface area contributed by atoms with Gasteiger partial charge in [-0.15, -0.1) is 13.2 Å². The zero-order valence-electron chi connectivity index (χ0n) is 11.1. The molecule has 0 N–H and O–H groups in total. The SMILES string of the molecule is C=CCN(CC=C)C(=O)Cc1cn2cc(F)ccc2n1. The van der Waals surface area contributed by atoms with E-state index < -0.39 is 0 Å². The van der Waals surface area contributed by atoms with E-state index in [1.165, 1.54) is 12.3 Å². The van der Waals surface area contributed by atoms with Crippen LogP contribution in [0, 0.1) is 5.82 Å². The van der Waals surface area contributed by atoms with Crippen molar-refractivity contribution in [3.63, 3.8) is 0 Å². The van der Waals surface area contributed by atoms with E-state index in [-0.39, 0.29) is 18.1 Å². The summed E-state index contributed by atoms with van der Waals surface area (Å²) >= 11 is 0. The molecule has 0 atom stereocenters. The van der Waals surface area contributed by atoms with Gasteiger partial charge in [-0.25, -0.2) is 9.37 Å². The van der Waals surface area contributed by atoms with Crippen LogP contribution in [0.25, 0.3) is 5.65 Å². The Morgan fingerprint density at radius 1 is 1.30 bits per heavy atom. The van der Waals surface area contributed by atoms with E-state index in [4.69, 9.17) is 0 Å². The van der Waals surface area contributed by atoms with Gasteiger partial charge in [0.2, 0.25) is 5.91 Å². The van der Waals surface area contributed by atoms with Crippen LogP contribution in [0.3, 0.4) is 0 Å². The fourth-order valence-corrected chi connectivity index (χ4v) is 1.96. The maximum atomic E-state index is 13.1. The zero-order valence-corrected chi connectivity index (χ0v) is 11.1. The maximum Gasteiger partial charge on any atom is 0.229 e. The molecule has 0 unspecified atom stereocenters. The van der Waals surface area contributed by atoms with Gasteiger partial charge in [0, 0.05) is 25.5 Å². The number of carbonyl (C=O) groups excluding carboxylic acids is 1. The Bertz CT molecular complexity index is 638. The molecular formula is C15H16FN3O. The van der Waals surface area contributed by atoms with Crippen LogP contribution in [0.5, 0.6) is 0 Å². The lowest BCUT2D eigenvalue weighted by Gasteiger charge is -2.18. The van der Waals surface area contributed by atoms with Crippen LogP contribution >= 0.6 is 0 Å². The molecule has 2 aromatic rings. The van der Waals surface area contributed by atoms with Crippen LogP contribution in [0.1, 0.15) is 5.69 Å². The molecule has 0 bridgehead atoms. The Hall–Kier alpha value is -2.43. The van der Waals surface area contributed by atoms with Gasteiger partial charge in [-0.05, 0) is 12.1 Å². The van der Waals surface area contributed by atoms with Gasteiger partial charge in [-0.1, -0.05) is 12.2 Å². The van der Waals surface area contributed by atoms with Crippen LogP contribution in [-0.2, 0) is 11.2 Å². The van der Waals surface area contributed by atoms with Gasteiger partial charge in [0.1, 0.15) is 11.5 Å². The zero-order chi connectivity index (χ0) is 14.5. The number of halogens is 1. The monoisotopic (exact) mass is 273 g/mol. The van der Waals surface area contributed by atoms with E-state index in [1.807, 2.05) is 0 Å². The van der Waals surface area contributed by atoms with Crippen molar-refractivity contribution in [1.82, 2.24) is 14.3 Å². The Morgan fingerprint density at radius 3 is 2.65 bits per heavy atom. The summed E-state index contributed by atoms with van der Waals surface area (Å²) in [5, 5.41) is 0. The Morgan fingerprint density at radius 2 is 2.00 bits per heavy atom. The molecule has 0 aromatic carbocycles. The molecule has 2 rings (SSSR count). The summed E-state index contributed by atoms with van der Waals surface area (Å²) in [6.45, 7) is 8.18. The number of hydrogen-bond acceptors (Lipinski definition) is 2. The van der Waals surface area contributed by atoms with Gasteiger partial charge < -0.3 is 9.30 Å². The van der Waals surface area contributed by atoms with Crippen LogP contribution in [0.4, 0.5) is 4.39 Å². The molecule has 20 heavy (non-hydrogen) atoms. The Kier molecular flexibility index (Phi) is 4.30. The molecule has 4 nitrogen and oxygen atoms in total. The summed E-state index contributed by atoms with van der Waals surface area (Å²) in [6.07, 6.45) is 6.50. The summed E-state index contributed by atoms with van der Waals surface area (Å²) in [5.74, 6) is -0.401. The smallest absolute Gasteiger partial charge is 0.229 e. The second-order valence-corrected chi connectivity index (χ2v) is 4.40. The van der Waals surface area contributed by atoms with E-state index in [2.05, 4.69) is 18.1 Å². The number of amides is 1. The van der Waals surface area contributed by atoms with Crippen LogP contribution < -0.4 is 0 Å². The topological polar surface area (TPSA) is 37.6 Å². The molecule has 0 fully saturated rings. The largest absolute Gasteiger partial charge is 0.335 e. The van der Waals surface area contributed by atoms with Crippen molar-refractivity contribution in [2.75, 3.05) is 13.1 Å². The normalized spacial score (nSPS) is 10.4. The average molecular weight is 273 g/mol. The van der Waals surface area contributed by atoms with Gasteiger partial charge in [-0.3, -0.25) is 4.79 Å². The third-order valence-electron chi connectivity index (χ3n) is 2.85. The van der Waals surface area contributed by atoms with Gasteiger partial charge >= 0.3 is 0 Å². The lowest BCUT2D eigenvalue weighted by atomic mass is 10.3. The van der Waals surface area contributed by atoms with Gasteiger partial charge in [0.25, 0.3) is 0 Å². The molecule has 2 heterocycles. The molecular weight excluding hydrogens is 257 g/mol. The molecule has 2 aromatic heterocycles. The number of carbonyl (C=O) groups is 1. The summed E-state index contributed by atoms with van der Waals surface area (Å²) < 4.78 is 14.7. The molecule has 0 radical (unpaired) electrons. The predicted molar refractivity (Wildman–Crippen MR) is 75.8 cm³/mol. The quantitative estimate of drug-likeness (QED) is 0.757. The Balaban J connectivity index is 2.15. The van der Waals surface area contributed by atoms with Gasteiger partial charge in [0.15, 0.2) is 0 Å². The standard InChI is InChI=1S/C15H16FN3O/c1-3-7-18(8-4-2)15(20)9-13-11-19-10-12(16)5-6-14(19)17-13/h3-6,10-11H,1-2,7-9H2. The van der Waals surface area contributed by atoms with Crippen molar-refractivity contribution in [3.8, 4) is 0 Å². The van der Waals surface area contributed by atoms with Crippen molar-refractivity contribution >= 4 is 11.6 Å². The molecule has 0 spiro atoms. The van der Waals surface area contributed by atoms with Crippen LogP contribution in [0.2, 0.25) is 0 Å². The second-order valence-electron chi connectivity index (χ2n) is 4.40. The van der Waals surface area contributed by atoms with E-state index in [9.17, 15) is 9.18 Å². The average Bonchev–Trinajstić information content (AvgIpc) is 2.79. The minimum absolute atomic E-state index is 0.0614. The molecule has 0 saturated heterocycles. The van der Waals surface area contributed by atoms with E-state index in [0.717, 1.165) is 0 Å². The highest BCUT2D eigenvalue weighted by molar-refractivity contribution is 5.78. The summed E-state index contributed by atoms with van der Waals surface area (Å²) in [4.78, 5) is 18.1. The minimum Gasteiger partial charge on any atom is -0.335 e. The molecule has 0 aliphatic carbocycles. The van der Waals surface area contributed by atoms with Crippen LogP contribution in [0.15, 0.2) is 49.8 Å². The first kappa shape index (κ1) is 14.0. The number of nitrogens with zero attached hydrogens (tertiary/aromatic N) is 3. The highest BCUT2D eigenvalue weighted by Crippen LogP contribution is 2.08. The fraction of sp³-hybridized carbons (Fsp3) is 0.200. The lowest BCUT2D eigenvalue weighted by molar-refractivity contribution is -0.129. The molecule has 1 amide bonds. The van der Waals surface area contributed by atoms with E-state index in [0.29, 0.717) is 24.4 Å². The highest BCUT2D eigenvalue weighted by atomic mass is 19.1. The second kappa shape index (κ2) is 6.14. The number of aromatic nitrogens is 2. The molecule has 0 saturated carbocycles. The van der Waals surface area contributed by atoms with Crippen molar-refractivity contribution < 1.29 is 9.18 Å². The first-order chi connectivity index (χ1) is 9.63. The third kappa shape index (κ3) is 3.12. The van der Waals surface area contributed by atoms with Crippen molar-refractivity contribution in [3.05, 3.63) is 61.3 Å². The number of imidazole rings is 1. The number of hydrogen-bond donors (Lipinski definition) is 0. The van der Waals surface area contributed by atoms with Crippen molar-refractivity contribution in [2.24, 2.45) is 0 Å². The highest BCUT2D eigenvalue weighted by Gasteiger charge is 2.13. The molecule has 0 aliphatic rings. The van der Waals surface area contributed by atoms with Crippen molar-refractivity contribution in [2.45, 2.75) is 6.42 Å². The maximum absolute atomic E-state index is 13.1. The number of pyridine rings is 1. The summed E-state index contributed by atoms with van der Waals surface area (Å²) in [5.41, 5.74) is 1.23. The summed E-state index contributed by atoms with van der Waals surface area (Å²) in [6, 6.07) is 2.92. The molecule has 5 heteroatoms. The van der Waals surface area contributed by atoms with E-state index >= 15 is 0 Å². The Labute approximate surface area is 116 Å². The van der Waals surface area contributed by atoms with Gasteiger partial charge in [-0.2, -0.15) is 0 Å². The number of rotatable bonds is 6. The summed E-state index contributed by atoms with van der Waals surface area (Å²) in [7, 11) is 0. The van der Waals surface area contributed by atoms with Crippen molar-refractivity contribution in [1.29, 1.82) is 0 Å². The van der Waals surface area contributed by atoms with E-state index in [1.54, 1.807) is 33.7 Å².